The zero-order valence-corrected chi connectivity index (χ0v) is 20.1. The summed E-state index contributed by atoms with van der Waals surface area (Å²) >= 11 is 4.90. The molecule has 0 radical (unpaired) electrons. The first kappa shape index (κ1) is 22.1. The van der Waals surface area contributed by atoms with Crippen LogP contribution in [0.2, 0.25) is 0 Å². The molecule has 9 heteroatoms. The Kier molecular flexibility index (Phi) is 6.57. The number of aryl methyl sites for hydroxylation is 1. The first-order valence-electron chi connectivity index (χ1n) is 9.92. The maximum atomic E-state index is 13.0. The Balaban J connectivity index is 1.46. The molecule has 31 heavy (non-hydrogen) atoms. The molecular weight excluding hydrogens is 498 g/mol. The highest BCUT2D eigenvalue weighted by Gasteiger charge is 2.33. The Morgan fingerprint density at radius 2 is 2.00 bits per heavy atom. The molecule has 2 aromatic carbocycles. The minimum atomic E-state index is -3.63. The zero-order chi connectivity index (χ0) is 22.0. The number of benzene rings is 2. The molecule has 2 heterocycles. The predicted molar refractivity (Wildman–Crippen MR) is 127 cm³/mol. The normalized spacial score (nSPS) is 17.4. The quantitative estimate of drug-likeness (QED) is 0.518. The number of amides is 1. The van der Waals surface area contributed by atoms with Crippen molar-refractivity contribution < 1.29 is 13.2 Å². The molecule has 162 valence electrons. The lowest BCUT2D eigenvalue weighted by Gasteiger charge is -2.31. The fraction of sp³-hybridized carbons (Fsp3) is 0.273. The Bertz CT molecular complexity index is 1190. The SMILES string of the molecule is Cc1nc(-c2cccc(NC(=O)[C@H]3CCCN(S(=O)(=O)c4ccc(Br)cc4)C3)c2)cs1. The van der Waals surface area contributed by atoms with Crippen LogP contribution >= 0.6 is 27.3 Å². The number of nitrogens with one attached hydrogen (secondary N) is 1. The van der Waals surface area contributed by atoms with Crippen LogP contribution in [0, 0.1) is 12.8 Å². The van der Waals surface area contributed by atoms with Crippen LogP contribution in [0.5, 0.6) is 0 Å². The van der Waals surface area contributed by atoms with E-state index in [1.807, 2.05) is 36.6 Å². The van der Waals surface area contributed by atoms with Crippen molar-refractivity contribution in [3.05, 3.63) is 63.4 Å². The lowest BCUT2D eigenvalue weighted by molar-refractivity contribution is -0.120. The Morgan fingerprint density at radius 3 is 2.71 bits per heavy atom. The molecule has 0 unspecified atom stereocenters. The number of hydrogen-bond donors (Lipinski definition) is 1. The van der Waals surface area contributed by atoms with Crippen LogP contribution in [-0.4, -0.2) is 36.7 Å². The third-order valence-electron chi connectivity index (χ3n) is 5.25. The summed E-state index contributed by atoms with van der Waals surface area (Å²) in [6.07, 6.45) is 1.30. The van der Waals surface area contributed by atoms with E-state index in [1.165, 1.54) is 4.31 Å². The molecule has 3 aromatic rings. The molecule has 1 N–H and O–H groups in total. The van der Waals surface area contributed by atoms with Gasteiger partial charge >= 0.3 is 0 Å². The molecule has 0 saturated carbocycles. The highest BCUT2D eigenvalue weighted by molar-refractivity contribution is 9.10. The number of carbonyl (C=O) groups is 1. The van der Waals surface area contributed by atoms with Crippen molar-refractivity contribution in [1.82, 2.24) is 9.29 Å². The van der Waals surface area contributed by atoms with E-state index in [9.17, 15) is 13.2 Å². The van der Waals surface area contributed by atoms with Gasteiger partial charge in [0.05, 0.1) is 21.5 Å². The standard InChI is InChI=1S/C22H22BrN3O3S2/c1-15-24-21(14-30-15)16-4-2-6-19(12-16)25-22(27)17-5-3-11-26(13-17)31(28,29)20-9-7-18(23)8-10-20/h2,4,6-10,12,14,17H,3,5,11,13H2,1H3,(H,25,27)/t17-/m0/s1. The van der Waals surface area contributed by atoms with E-state index in [1.54, 1.807) is 35.6 Å². The Morgan fingerprint density at radius 1 is 1.23 bits per heavy atom. The van der Waals surface area contributed by atoms with Gasteiger partial charge in [-0.15, -0.1) is 11.3 Å². The van der Waals surface area contributed by atoms with Gasteiger partial charge in [0.1, 0.15) is 0 Å². The number of sulfonamides is 1. The predicted octanol–water partition coefficient (Wildman–Crippen LogP) is 4.92. The number of thiazole rings is 1. The van der Waals surface area contributed by atoms with Crippen LogP contribution in [-0.2, 0) is 14.8 Å². The summed E-state index contributed by atoms with van der Waals surface area (Å²) in [6, 6.07) is 14.1. The molecule has 1 aromatic heterocycles. The number of carbonyl (C=O) groups excluding carboxylic acids is 1. The van der Waals surface area contributed by atoms with Crippen molar-refractivity contribution >= 4 is 48.9 Å². The van der Waals surface area contributed by atoms with E-state index in [0.29, 0.717) is 25.1 Å². The summed E-state index contributed by atoms with van der Waals surface area (Å²) in [6.45, 7) is 2.55. The minimum Gasteiger partial charge on any atom is -0.326 e. The van der Waals surface area contributed by atoms with Gasteiger partial charge < -0.3 is 5.32 Å². The van der Waals surface area contributed by atoms with Gasteiger partial charge in [-0.05, 0) is 56.2 Å². The van der Waals surface area contributed by atoms with Crippen LogP contribution in [0.15, 0.2) is 63.3 Å². The summed E-state index contributed by atoms with van der Waals surface area (Å²) in [4.78, 5) is 17.7. The lowest BCUT2D eigenvalue weighted by Crippen LogP contribution is -2.43. The number of halogens is 1. The van der Waals surface area contributed by atoms with Crippen LogP contribution in [0.3, 0.4) is 0 Å². The second-order valence-corrected chi connectivity index (χ2v) is 11.4. The molecule has 1 atom stereocenters. The first-order chi connectivity index (χ1) is 14.8. The van der Waals surface area contributed by atoms with Crippen LogP contribution in [0.4, 0.5) is 5.69 Å². The monoisotopic (exact) mass is 519 g/mol. The van der Waals surface area contributed by atoms with Gasteiger partial charge in [0, 0.05) is 34.2 Å². The summed E-state index contributed by atoms with van der Waals surface area (Å²) in [7, 11) is -3.63. The largest absolute Gasteiger partial charge is 0.326 e. The Hall–Kier alpha value is -2.07. The molecule has 4 rings (SSSR count). The lowest BCUT2D eigenvalue weighted by atomic mass is 9.98. The average molecular weight is 520 g/mol. The van der Waals surface area contributed by atoms with Gasteiger partial charge in [-0.3, -0.25) is 4.79 Å². The third-order valence-corrected chi connectivity index (χ3v) is 8.43. The van der Waals surface area contributed by atoms with E-state index < -0.39 is 15.9 Å². The second-order valence-electron chi connectivity index (χ2n) is 7.48. The van der Waals surface area contributed by atoms with Crippen LogP contribution < -0.4 is 5.32 Å². The summed E-state index contributed by atoms with van der Waals surface area (Å²) in [5.41, 5.74) is 2.49. The molecule has 0 aliphatic carbocycles. The maximum Gasteiger partial charge on any atom is 0.243 e. The molecule has 0 bridgehead atoms. The van der Waals surface area contributed by atoms with Gasteiger partial charge in [-0.1, -0.05) is 28.1 Å². The highest BCUT2D eigenvalue weighted by Crippen LogP contribution is 2.27. The van der Waals surface area contributed by atoms with Crippen LogP contribution in [0.1, 0.15) is 17.8 Å². The number of aromatic nitrogens is 1. The second kappa shape index (κ2) is 9.20. The van der Waals surface area contributed by atoms with Gasteiger partial charge in [-0.25, -0.2) is 13.4 Å². The van der Waals surface area contributed by atoms with Gasteiger partial charge in [-0.2, -0.15) is 4.31 Å². The minimum absolute atomic E-state index is 0.165. The first-order valence-corrected chi connectivity index (χ1v) is 13.0. The number of anilines is 1. The van der Waals surface area contributed by atoms with Crippen LogP contribution in [0.25, 0.3) is 11.3 Å². The molecule has 1 aliphatic heterocycles. The highest BCUT2D eigenvalue weighted by atomic mass is 79.9. The van der Waals surface area contributed by atoms with Crippen molar-refractivity contribution in [2.24, 2.45) is 5.92 Å². The molecule has 1 fully saturated rings. The van der Waals surface area contributed by atoms with Crippen molar-refractivity contribution in [2.45, 2.75) is 24.7 Å². The zero-order valence-electron chi connectivity index (χ0n) is 16.9. The summed E-state index contributed by atoms with van der Waals surface area (Å²) in [5, 5.41) is 5.93. The maximum absolute atomic E-state index is 13.0. The van der Waals surface area contributed by atoms with E-state index in [0.717, 1.165) is 20.7 Å². The smallest absolute Gasteiger partial charge is 0.243 e. The van der Waals surface area contributed by atoms with E-state index in [4.69, 9.17) is 0 Å². The van der Waals surface area contributed by atoms with Crippen molar-refractivity contribution in [3.8, 4) is 11.3 Å². The molecule has 1 aliphatic rings. The molecule has 1 amide bonds. The van der Waals surface area contributed by atoms with Gasteiger partial charge in [0.2, 0.25) is 15.9 Å². The van der Waals surface area contributed by atoms with Gasteiger partial charge in [0.25, 0.3) is 0 Å². The third kappa shape index (κ3) is 5.06. The fourth-order valence-corrected chi connectivity index (χ4v) is 6.04. The fourth-order valence-electron chi connectivity index (χ4n) is 3.63. The summed E-state index contributed by atoms with van der Waals surface area (Å²) in [5.74, 6) is -0.563. The van der Waals surface area contributed by atoms with E-state index in [-0.39, 0.29) is 17.3 Å². The average Bonchev–Trinajstić information content (AvgIpc) is 3.21. The van der Waals surface area contributed by atoms with Crippen molar-refractivity contribution in [3.63, 3.8) is 0 Å². The Labute approximate surface area is 194 Å². The topological polar surface area (TPSA) is 79.4 Å². The number of nitrogens with zero attached hydrogens (tertiary/aromatic N) is 2. The van der Waals surface area contributed by atoms with Gasteiger partial charge in [0.15, 0.2) is 0 Å². The number of rotatable bonds is 5. The van der Waals surface area contributed by atoms with Crippen molar-refractivity contribution in [1.29, 1.82) is 0 Å². The molecule has 1 saturated heterocycles. The number of hydrogen-bond acceptors (Lipinski definition) is 5. The van der Waals surface area contributed by atoms with E-state index >= 15 is 0 Å². The molecular formula is C22H22BrN3O3S2. The number of piperidine rings is 1. The summed E-state index contributed by atoms with van der Waals surface area (Å²) < 4.78 is 28.2. The van der Waals surface area contributed by atoms with E-state index in [2.05, 4.69) is 26.2 Å². The molecule has 0 spiro atoms. The van der Waals surface area contributed by atoms with Crippen molar-refractivity contribution in [2.75, 3.05) is 18.4 Å². The molecule has 6 nitrogen and oxygen atoms in total.